The Morgan fingerprint density at radius 3 is 2.49 bits per heavy atom. The van der Waals surface area contributed by atoms with Gasteiger partial charge in [-0.1, -0.05) is 69.6 Å². The molecule has 1 aromatic heterocycles. The van der Waals surface area contributed by atoms with E-state index in [2.05, 4.69) is 15.0 Å². The first-order valence-electron chi connectivity index (χ1n) is 11.9. The lowest BCUT2D eigenvalue weighted by Crippen LogP contribution is -2.48. The molecule has 0 fully saturated rings. The maximum atomic E-state index is 13.8. The largest absolute Gasteiger partial charge is 0.461 e. The van der Waals surface area contributed by atoms with Gasteiger partial charge >= 0.3 is 5.97 Å². The van der Waals surface area contributed by atoms with Crippen molar-refractivity contribution in [3.63, 3.8) is 0 Å². The maximum absolute atomic E-state index is 13.8. The molecule has 9 nitrogen and oxygen atoms in total. The molecule has 0 radical (unpaired) electrons. The second kappa shape index (κ2) is 13.8. The van der Waals surface area contributed by atoms with E-state index in [4.69, 9.17) is 10.3 Å². The van der Waals surface area contributed by atoms with Crippen molar-refractivity contribution >= 4 is 23.2 Å². The van der Waals surface area contributed by atoms with Gasteiger partial charge in [-0.05, 0) is 29.9 Å². The topological polar surface area (TPSA) is 128 Å². The quantitative estimate of drug-likeness (QED) is 0.167. The summed E-state index contributed by atoms with van der Waals surface area (Å²) in [5, 5.41) is 16.8. The van der Waals surface area contributed by atoms with Crippen LogP contribution in [0.15, 0.2) is 40.8 Å². The van der Waals surface area contributed by atoms with E-state index in [9.17, 15) is 14.7 Å². The van der Waals surface area contributed by atoms with Crippen molar-refractivity contribution < 1.29 is 19.4 Å². The molecule has 0 saturated carbocycles. The lowest BCUT2D eigenvalue weighted by molar-refractivity contribution is -0.138. The van der Waals surface area contributed by atoms with E-state index < -0.39 is 18.1 Å². The molecule has 0 aliphatic rings. The average molecular weight is 502 g/mol. The lowest BCUT2D eigenvalue weighted by Gasteiger charge is -2.38. The number of nitrogens with zero attached hydrogens (tertiary/aromatic N) is 5. The van der Waals surface area contributed by atoms with Gasteiger partial charge in [-0.3, -0.25) is 4.79 Å². The molecule has 4 atom stereocenters. The molecule has 2 aromatic rings. The van der Waals surface area contributed by atoms with Gasteiger partial charge in [0, 0.05) is 29.3 Å². The number of rotatable bonds is 13. The fraction of sp³-hybridized carbons (Fsp3) is 0.560. The number of esters is 1. The van der Waals surface area contributed by atoms with Crippen LogP contribution in [0.5, 0.6) is 0 Å². The molecule has 0 aliphatic heterocycles. The summed E-state index contributed by atoms with van der Waals surface area (Å²) in [6.07, 6.45) is -0.0855. The van der Waals surface area contributed by atoms with Crippen LogP contribution in [-0.2, 0) is 16.1 Å². The molecule has 0 spiro atoms. The van der Waals surface area contributed by atoms with Crippen LogP contribution in [0.3, 0.4) is 0 Å². The third kappa shape index (κ3) is 7.78. The minimum absolute atomic E-state index is 0.00884. The standard InChI is InChI=1S/C25H35N5O4S/c1-6-17(5)22(28-29-26)24(32)30(14-18-11-9-8-10-12-18)20(16(3)4)13-21(31)23-27-19(15-35-23)25(33)34-7-2/h8-12,15-17,20-22,31H,6-7,13-14H2,1-5H3/t17-,20+,21+,22-/m0/s1. The maximum Gasteiger partial charge on any atom is 0.357 e. The van der Waals surface area contributed by atoms with Crippen molar-refractivity contribution in [2.45, 2.75) is 72.2 Å². The van der Waals surface area contributed by atoms with Crippen LogP contribution in [0.2, 0.25) is 0 Å². The van der Waals surface area contributed by atoms with E-state index in [1.165, 1.54) is 11.3 Å². The van der Waals surface area contributed by atoms with Crippen LogP contribution in [0.1, 0.15) is 74.6 Å². The van der Waals surface area contributed by atoms with Crippen LogP contribution in [0.25, 0.3) is 10.4 Å². The van der Waals surface area contributed by atoms with Crippen LogP contribution in [0.4, 0.5) is 0 Å². The highest BCUT2D eigenvalue weighted by atomic mass is 32.1. The predicted molar refractivity (Wildman–Crippen MR) is 136 cm³/mol. The van der Waals surface area contributed by atoms with E-state index >= 15 is 0 Å². The number of hydrogen-bond acceptors (Lipinski definition) is 7. The highest BCUT2D eigenvalue weighted by Gasteiger charge is 2.35. The molecule has 0 bridgehead atoms. The zero-order chi connectivity index (χ0) is 26.0. The zero-order valence-electron chi connectivity index (χ0n) is 21.0. The van der Waals surface area contributed by atoms with Gasteiger partial charge in [0.2, 0.25) is 5.91 Å². The van der Waals surface area contributed by atoms with Crippen molar-refractivity contribution in [1.29, 1.82) is 0 Å². The van der Waals surface area contributed by atoms with Crippen LogP contribution < -0.4 is 0 Å². The number of carbonyl (C=O) groups is 2. The normalized spacial score (nSPS) is 14.5. The summed E-state index contributed by atoms with van der Waals surface area (Å²) in [4.78, 5) is 34.7. The molecule has 0 unspecified atom stereocenters. The number of ether oxygens (including phenoxy) is 1. The lowest BCUT2D eigenvalue weighted by atomic mass is 9.92. The number of hydrogen-bond donors (Lipinski definition) is 1. The molecule has 1 aromatic carbocycles. The Morgan fingerprint density at radius 2 is 1.91 bits per heavy atom. The molecular formula is C25H35N5O4S. The van der Waals surface area contributed by atoms with Gasteiger partial charge in [-0.2, -0.15) is 0 Å². The Bertz CT molecular complexity index is 1010. The Labute approximate surface area is 210 Å². The number of thiazole rings is 1. The molecule has 0 aliphatic carbocycles. The minimum atomic E-state index is -0.983. The Kier molecular flexibility index (Phi) is 11.2. The summed E-state index contributed by atoms with van der Waals surface area (Å²) in [6, 6.07) is 8.38. The number of azide groups is 1. The smallest absolute Gasteiger partial charge is 0.357 e. The Hall–Kier alpha value is -2.94. The van der Waals surface area contributed by atoms with E-state index in [0.717, 1.165) is 5.56 Å². The van der Waals surface area contributed by atoms with Crippen molar-refractivity contribution in [3.05, 3.63) is 62.4 Å². The predicted octanol–water partition coefficient (Wildman–Crippen LogP) is 5.52. The third-order valence-corrected chi connectivity index (χ3v) is 6.96. The summed E-state index contributed by atoms with van der Waals surface area (Å²) in [7, 11) is 0. The fourth-order valence-electron chi connectivity index (χ4n) is 3.82. The zero-order valence-corrected chi connectivity index (χ0v) is 21.8. The van der Waals surface area contributed by atoms with E-state index in [1.807, 2.05) is 58.0 Å². The Balaban J connectivity index is 2.38. The van der Waals surface area contributed by atoms with Crippen molar-refractivity contribution in [1.82, 2.24) is 9.88 Å². The van der Waals surface area contributed by atoms with Gasteiger partial charge in [0.25, 0.3) is 0 Å². The summed E-state index contributed by atoms with van der Waals surface area (Å²) in [5.41, 5.74) is 10.2. The monoisotopic (exact) mass is 501 g/mol. The van der Waals surface area contributed by atoms with Gasteiger partial charge < -0.3 is 14.7 Å². The number of amides is 1. The summed E-state index contributed by atoms with van der Waals surface area (Å²) < 4.78 is 4.99. The molecule has 2 rings (SSSR count). The second-order valence-corrected chi connectivity index (χ2v) is 9.73. The van der Waals surface area contributed by atoms with Crippen molar-refractivity contribution in [3.8, 4) is 0 Å². The van der Waals surface area contributed by atoms with Crippen LogP contribution in [0, 0.1) is 11.8 Å². The number of aromatic nitrogens is 1. The van der Waals surface area contributed by atoms with E-state index in [1.54, 1.807) is 17.2 Å². The molecule has 190 valence electrons. The van der Waals surface area contributed by atoms with Crippen molar-refractivity contribution in [2.75, 3.05) is 6.61 Å². The number of aliphatic hydroxyl groups excluding tert-OH is 1. The minimum Gasteiger partial charge on any atom is -0.461 e. The van der Waals surface area contributed by atoms with Gasteiger partial charge in [-0.15, -0.1) is 11.3 Å². The molecule has 0 saturated heterocycles. The number of aliphatic hydroxyl groups is 1. The molecule has 1 N–H and O–H groups in total. The van der Waals surface area contributed by atoms with Crippen LogP contribution >= 0.6 is 11.3 Å². The molecule has 10 heteroatoms. The number of benzene rings is 1. The first-order valence-corrected chi connectivity index (χ1v) is 12.8. The highest BCUT2D eigenvalue weighted by Crippen LogP contribution is 2.30. The first kappa shape index (κ1) is 28.3. The van der Waals surface area contributed by atoms with Gasteiger partial charge in [-0.25, -0.2) is 9.78 Å². The molecule has 35 heavy (non-hydrogen) atoms. The molecule has 1 amide bonds. The van der Waals surface area contributed by atoms with E-state index in [0.29, 0.717) is 18.0 Å². The molecular weight excluding hydrogens is 466 g/mol. The summed E-state index contributed by atoms with van der Waals surface area (Å²) >= 11 is 1.18. The van der Waals surface area contributed by atoms with Gasteiger partial charge in [0.05, 0.1) is 6.61 Å². The summed E-state index contributed by atoms with van der Waals surface area (Å²) in [5.74, 6) is -0.946. The van der Waals surface area contributed by atoms with Gasteiger partial charge in [0.15, 0.2) is 5.69 Å². The van der Waals surface area contributed by atoms with Gasteiger partial charge in [0.1, 0.15) is 17.2 Å². The molecule has 1 heterocycles. The first-order chi connectivity index (χ1) is 16.7. The second-order valence-electron chi connectivity index (χ2n) is 8.84. The third-order valence-electron chi connectivity index (χ3n) is 6.02. The van der Waals surface area contributed by atoms with E-state index in [-0.39, 0.29) is 42.5 Å². The SMILES string of the molecule is CCOC(=O)c1csc([C@H](O)C[C@H](C(C)C)N(Cc2ccccc2)C(=O)[C@@H](N=[N+]=[N-])[C@@H](C)CC)n1. The Morgan fingerprint density at radius 1 is 1.23 bits per heavy atom. The average Bonchev–Trinajstić information content (AvgIpc) is 3.35. The summed E-state index contributed by atoms with van der Waals surface area (Å²) in [6.45, 7) is 10.1. The van der Waals surface area contributed by atoms with Crippen LogP contribution in [-0.4, -0.2) is 45.6 Å². The fourth-order valence-corrected chi connectivity index (χ4v) is 4.61. The number of carbonyl (C=O) groups excluding carboxylic acids is 2. The van der Waals surface area contributed by atoms with Crippen molar-refractivity contribution in [2.24, 2.45) is 17.0 Å². The highest BCUT2D eigenvalue weighted by molar-refractivity contribution is 7.09.